The fourth-order valence-corrected chi connectivity index (χ4v) is 4.95. The molecule has 3 aliphatic rings. The lowest BCUT2D eigenvalue weighted by Gasteiger charge is -2.49. The Bertz CT molecular complexity index is 955. The number of sulfone groups is 1. The first-order valence-electron chi connectivity index (χ1n) is 9.02. The molecule has 0 N–H and O–H groups in total. The van der Waals surface area contributed by atoms with E-state index < -0.39 is 9.84 Å². The average Bonchev–Trinajstić information content (AvgIpc) is 2.58. The van der Waals surface area contributed by atoms with E-state index >= 15 is 0 Å². The summed E-state index contributed by atoms with van der Waals surface area (Å²) >= 11 is 0. The van der Waals surface area contributed by atoms with Crippen molar-refractivity contribution in [1.82, 2.24) is 9.88 Å². The third kappa shape index (κ3) is 2.75. The standard InChI is InChI=1S/C20H22N2O3S/c1-3-15-16(23)13-14-5-6-17(26(2,24)25)21-18(14)19(15)22-11-9-20(10-12-22)7-4-8-20/h1,5-6H,4,7-13H2,2H3. The molecule has 4 rings (SSSR count). The van der Waals surface area contributed by atoms with Gasteiger partial charge in [-0.1, -0.05) is 18.4 Å². The van der Waals surface area contributed by atoms with Crippen LogP contribution in [0.25, 0.3) is 5.70 Å². The zero-order valence-corrected chi connectivity index (χ0v) is 15.7. The van der Waals surface area contributed by atoms with Gasteiger partial charge < -0.3 is 4.90 Å². The largest absolute Gasteiger partial charge is 0.369 e. The molecule has 2 fully saturated rings. The highest BCUT2D eigenvalue weighted by Crippen LogP contribution is 2.50. The van der Waals surface area contributed by atoms with Crippen molar-refractivity contribution >= 4 is 21.3 Å². The van der Waals surface area contributed by atoms with Gasteiger partial charge in [-0.25, -0.2) is 13.4 Å². The SMILES string of the molecule is C#CC1=C(N2CCC3(CCC3)CC2)c2nc(S(C)(=O)=O)ccc2CC1=O. The summed E-state index contributed by atoms with van der Waals surface area (Å²) in [5.74, 6) is 2.46. The molecule has 1 aromatic heterocycles. The van der Waals surface area contributed by atoms with E-state index in [0.29, 0.717) is 22.4 Å². The summed E-state index contributed by atoms with van der Waals surface area (Å²) in [6.45, 7) is 1.66. The molecule has 0 bridgehead atoms. The zero-order chi connectivity index (χ0) is 18.5. The monoisotopic (exact) mass is 370 g/mol. The number of pyridine rings is 1. The van der Waals surface area contributed by atoms with Gasteiger partial charge in [0, 0.05) is 25.8 Å². The molecule has 5 nitrogen and oxygen atoms in total. The highest BCUT2D eigenvalue weighted by molar-refractivity contribution is 7.90. The Kier molecular flexibility index (Phi) is 3.96. The van der Waals surface area contributed by atoms with Gasteiger partial charge in [-0.05, 0) is 42.7 Å². The van der Waals surface area contributed by atoms with Crippen molar-refractivity contribution in [3.63, 3.8) is 0 Å². The van der Waals surface area contributed by atoms with Gasteiger partial charge in [0.05, 0.1) is 17.0 Å². The van der Waals surface area contributed by atoms with Gasteiger partial charge in [0.1, 0.15) is 0 Å². The van der Waals surface area contributed by atoms with Crippen LogP contribution in [0.3, 0.4) is 0 Å². The van der Waals surface area contributed by atoms with Crippen molar-refractivity contribution in [2.45, 2.75) is 43.6 Å². The maximum Gasteiger partial charge on any atom is 0.192 e. The zero-order valence-electron chi connectivity index (χ0n) is 14.9. The molecule has 1 saturated heterocycles. The number of carbonyl (C=O) groups is 1. The Balaban J connectivity index is 1.78. The first-order chi connectivity index (χ1) is 12.3. The summed E-state index contributed by atoms with van der Waals surface area (Å²) in [6.07, 6.45) is 13.0. The van der Waals surface area contributed by atoms with E-state index in [2.05, 4.69) is 15.8 Å². The lowest BCUT2D eigenvalue weighted by molar-refractivity contribution is -0.114. The highest BCUT2D eigenvalue weighted by atomic mass is 32.2. The molecule has 6 heteroatoms. The smallest absolute Gasteiger partial charge is 0.192 e. The minimum absolute atomic E-state index is 0.0203. The second kappa shape index (κ2) is 5.95. The van der Waals surface area contributed by atoms with Crippen LogP contribution in [0.5, 0.6) is 0 Å². The summed E-state index contributed by atoms with van der Waals surface area (Å²) in [7, 11) is -3.43. The Hall–Kier alpha value is -2.13. The number of aromatic nitrogens is 1. The molecule has 0 atom stereocenters. The molecule has 0 radical (unpaired) electrons. The summed E-state index contributed by atoms with van der Waals surface area (Å²) in [5.41, 5.74) is 2.76. The predicted octanol–water partition coefficient (Wildman–Crippen LogP) is 2.22. The molecule has 0 unspecified atom stereocenters. The molecule has 0 aromatic carbocycles. The fourth-order valence-electron chi connectivity index (χ4n) is 4.37. The number of ketones is 1. The van der Waals surface area contributed by atoms with E-state index in [9.17, 15) is 13.2 Å². The van der Waals surface area contributed by atoms with Crippen LogP contribution in [0.1, 0.15) is 43.4 Å². The molecular formula is C20H22N2O3S. The fraction of sp³-hybridized carbons (Fsp3) is 0.500. The molecule has 136 valence electrons. The van der Waals surface area contributed by atoms with Gasteiger partial charge >= 0.3 is 0 Å². The van der Waals surface area contributed by atoms with Crippen molar-refractivity contribution in [2.75, 3.05) is 19.3 Å². The number of fused-ring (bicyclic) bond motifs is 1. The molecular weight excluding hydrogens is 348 g/mol. The lowest BCUT2D eigenvalue weighted by Crippen LogP contribution is -2.43. The molecule has 2 aliphatic carbocycles. The third-order valence-electron chi connectivity index (χ3n) is 6.12. The van der Waals surface area contributed by atoms with Crippen molar-refractivity contribution in [3.05, 3.63) is 29.0 Å². The Morgan fingerprint density at radius 3 is 2.42 bits per heavy atom. The summed E-state index contributed by atoms with van der Waals surface area (Å²) in [6, 6.07) is 3.17. The van der Waals surface area contributed by atoms with E-state index in [1.165, 1.54) is 25.3 Å². The number of allylic oxidation sites excluding steroid dienone is 1. The molecule has 2 heterocycles. The summed E-state index contributed by atoms with van der Waals surface area (Å²) in [5, 5.41) is 0.0203. The van der Waals surface area contributed by atoms with E-state index in [1.807, 2.05) is 0 Å². The summed E-state index contributed by atoms with van der Waals surface area (Å²) < 4.78 is 23.9. The third-order valence-corrected chi connectivity index (χ3v) is 7.11. The van der Waals surface area contributed by atoms with Gasteiger partial charge in [0.25, 0.3) is 0 Å². The lowest BCUT2D eigenvalue weighted by atomic mass is 9.63. The van der Waals surface area contributed by atoms with Crippen LogP contribution in [-0.4, -0.2) is 43.4 Å². The molecule has 1 aliphatic heterocycles. The quantitative estimate of drug-likeness (QED) is 0.747. The molecule has 1 saturated carbocycles. The van der Waals surface area contributed by atoms with Crippen LogP contribution >= 0.6 is 0 Å². The molecule has 0 amide bonds. The molecule has 1 aromatic rings. The van der Waals surface area contributed by atoms with Crippen molar-refractivity contribution in [3.8, 4) is 12.3 Å². The number of nitrogens with zero attached hydrogens (tertiary/aromatic N) is 2. The molecule has 26 heavy (non-hydrogen) atoms. The minimum Gasteiger partial charge on any atom is -0.369 e. The Labute approximate surface area is 154 Å². The number of carbonyl (C=O) groups excluding carboxylic acids is 1. The first-order valence-corrected chi connectivity index (χ1v) is 10.9. The normalized spacial score (nSPS) is 22.0. The highest BCUT2D eigenvalue weighted by Gasteiger charge is 2.41. The predicted molar refractivity (Wildman–Crippen MR) is 98.9 cm³/mol. The Morgan fingerprint density at radius 1 is 1.19 bits per heavy atom. The number of hydrogen-bond donors (Lipinski definition) is 0. The van der Waals surface area contributed by atoms with E-state index in [0.717, 1.165) is 37.8 Å². The van der Waals surface area contributed by atoms with Crippen molar-refractivity contribution < 1.29 is 13.2 Å². The van der Waals surface area contributed by atoms with Crippen LogP contribution in [0.4, 0.5) is 0 Å². The van der Waals surface area contributed by atoms with Crippen molar-refractivity contribution in [2.24, 2.45) is 5.41 Å². The van der Waals surface area contributed by atoms with Crippen LogP contribution in [0, 0.1) is 17.8 Å². The van der Waals surface area contributed by atoms with Gasteiger partial charge in [-0.2, -0.15) is 0 Å². The topological polar surface area (TPSA) is 67.3 Å². The number of piperidine rings is 1. The number of hydrogen-bond acceptors (Lipinski definition) is 5. The first kappa shape index (κ1) is 17.3. The summed E-state index contributed by atoms with van der Waals surface area (Å²) in [4.78, 5) is 19.1. The number of likely N-dealkylation sites (tertiary alicyclic amines) is 1. The number of terminal acetylenes is 1. The van der Waals surface area contributed by atoms with Crippen LogP contribution in [0.2, 0.25) is 0 Å². The van der Waals surface area contributed by atoms with E-state index in [4.69, 9.17) is 6.42 Å². The molecule has 1 spiro atoms. The maximum absolute atomic E-state index is 12.5. The van der Waals surface area contributed by atoms with Crippen LogP contribution in [0.15, 0.2) is 22.7 Å². The second-order valence-electron chi connectivity index (χ2n) is 7.74. The van der Waals surface area contributed by atoms with Crippen LogP contribution in [-0.2, 0) is 21.1 Å². The van der Waals surface area contributed by atoms with Crippen LogP contribution < -0.4 is 0 Å². The number of Topliss-reactive ketones (excluding diaryl/α,β-unsaturated/α-hetero) is 1. The van der Waals surface area contributed by atoms with E-state index in [1.54, 1.807) is 6.07 Å². The van der Waals surface area contributed by atoms with Gasteiger partial charge in [-0.15, -0.1) is 6.42 Å². The average molecular weight is 370 g/mol. The minimum atomic E-state index is -3.43. The van der Waals surface area contributed by atoms with Crippen molar-refractivity contribution in [1.29, 1.82) is 0 Å². The van der Waals surface area contributed by atoms with Gasteiger partial charge in [0.2, 0.25) is 0 Å². The van der Waals surface area contributed by atoms with Gasteiger partial charge in [-0.3, -0.25) is 4.79 Å². The number of rotatable bonds is 2. The Morgan fingerprint density at radius 2 is 1.88 bits per heavy atom. The van der Waals surface area contributed by atoms with Gasteiger partial charge in [0.15, 0.2) is 20.6 Å². The second-order valence-corrected chi connectivity index (χ2v) is 9.70. The van der Waals surface area contributed by atoms with E-state index in [-0.39, 0.29) is 17.2 Å². The maximum atomic E-state index is 12.5.